The fourth-order valence-corrected chi connectivity index (χ4v) is 2.54. The molecule has 0 heterocycles. The van der Waals surface area contributed by atoms with Crippen molar-refractivity contribution in [2.24, 2.45) is 11.8 Å². The third-order valence-electron chi connectivity index (χ3n) is 3.01. The van der Waals surface area contributed by atoms with Gasteiger partial charge in [-0.2, -0.15) is 0 Å². The van der Waals surface area contributed by atoms with E-state index in [9.17, 15) is 0 Å². The molecule has 0 radical (unpaired) electrons. The Balaban J connectivity index is 1.83. The maximum Gasteiger partial charge on any atom is 0.0135 e. The van der Waals surface area contributed by atoms with Gasteiger partial charge in [0.2, 0.25) is 0 Å². The van der Waals surface area contributed by atoms with Gasteiger partial charge in [-0.1, -0.05) is 6.42 Å². The van der Waals surface area contributed by atoms with Gasteiger partial charge in [-0.3, -0.25) is 0 Å². The van der Waals surface area contributed by atoms with Gasteiger partial charge in [0.25, 0.3) is 0 Å². The van der Waals surface area contributed by atoms with Crippen LogP contribution in [0, 0.1) is 11.8 Å². The van der Waals surface area contributed by atoms with E-state index in [1.807, 2.05) is 0 Å². The molecular weight excluding hydrogens is 134 g/mol. The minimum absolute atomic E-state index is 0.328. The standard InChI is InChI=1S/C10H19N/c1-10(2,3)11-9-7-5-4-6-8(7)9/h7-9,11H,4-6H2,1-3H3. The highest BCUT2D eigenvalue weighted by Crippen LogP contribution is 2.52. The lowest BCUT2D eigenvalue weighted by Gasteiger charge is -2.21. The Bertz CT molecular complexity index is 147. The van der Waals surface area contributed by atoms with Crippen LogP contribution in [0.3, 0.4) is 0 Å². The molecule has 2 unspecified atom stereocenters. The van der Waals surface area contributed by atoms with Gasteiger partial charge in [0.15, 0.2) is 0 Å². The van der Waals surface area contributed by atoms with E-state index in [0.29, 0.717) is 5.54 Å². The normalized spacial score (nSPS) is 42.3. The monoisotopic (exact) mass is 153 g/mol. The van der Waals surface area contributed by atoms with Gasteiger partial charge in [-0.25, -0.2) is 0 Å². The lowest BCUT2D eigenvalue weighted by Crippen LogP contribution is -2.39. The molecule has 0 aromatic carbocycles. The van der Waals surface area contributed by atoms with Gasteiger partial charge in [0.1, 0.15) is 0 Å². The second-order valence-corrected chi connectivity index (χ2v) is 5.18. The van der Waals surface area contributed by atoms with E-state index in [1.165, 1.54) is 19.3 Å². The van der Waals surface area contributed by atoms with Crippen molar-refractivity contribution in [2.45, 2.75) is 51.6 Å². The van der Waals surface area contributed by atoms with Crippen molar-refractivity contribution < 1.29 is 0 Å². The van der Waals surface area contributed by atoms with E-state index in [4.69, 9.17) is 0 Å². The predicted octanol–water partition coefficient (Wildman–Crippen LogP) is 2.17. The van der Waals surface area contributed by atoms with Crippen molar-refractivity contribution in [3.05, 3.63) is 0 Å². The van der Waals surface area contributed by atoms with Crippen molar-refractivity contribution in [3.8, 4) is 0 Å². The van der Waals surface area contributed by atoms with E-state index >= 15 is 0 Å². The topological polar surface area (TPSA) is 12.0 Å². The number of nitrogens with one attached hydrogen (secondary N) is 1. The molecule has 0 aliphatic heterocycles. The van der Waals surface area contributed by atoms with Crippen LogP contribution >= 0.6 is 0 Å². The molecule has 2 fully saturated rings. The molecule has 2 rings (SSSR count). The second-order valence-electron chi connectivity index (χ2n) is 5.18. The molecule has 0 aromatic heterocycles. The number of hydrogen-bond acceptors (Lipinski definition) is 1. The van der Waals surface area contributed by atoms with E-state index in [1.54, 1.807) is 0 Å². The largest absolute Gasteiger partial charge is 0.309 e. The molecule has 2 aliphatic rings. The van der Waals surface area contributed by atoms with Crippen LogP contribution in [-0.2, 0) is 0 Å². The Hall–Kier alpha value is -0.0400. The molecule has 1 N–H and O–H groups in total. The molecule has 64 valence electrons. The van der Waals surface area contributed by atoms with Gasteiger partial charge < -0.3 is 5.32 Å². The summed E-state index contributed by atoms with van der Waals surface area (Å²) in [5.74, 6) is 2.10. The van der Waals surface area contributed by atoms with Gasteiger partial charge in [-0.05, 0) is 45.4 Å². The molecule has 0 amide bonds. The summed E-state index contributed by atoms with van der Waals surface area (Å²) < 4.78 is 0. The summed E-state index contributed by atoms with van der Waals surface area (Å²) in [5.41, 5.74) is 0.328. The van der Waals surface area contributed by atoms with E-state index in [0.717, 1.165) is 17.9 Å². The zero-order chi connectivity index (χ0) is 8.06. The first-order valence-corrected chi connectivity index (χ1v) is 4.86. The average Bonchev–Trinajstić information content (AvgIpc) is 2.39. The maximum atomic E-state index is 3.70. The molecule has 2 aliphatic carbocycles. The average molecular weight is 153 g/mol. The molecule has 0 spiro atoms. The summed E-state index contributed by atoms with van der Waals surface area (Å²) >= 11 is 0. The fraction of sp³-hybridized carbons (Fsp3) is 1.00. The predicted molar refractivity (Wildman–Crippen MR) is 47.5 cm³/mol. The van der Waals surface area contributed by atoms with Crippen LogP contribution in [0.1, 0.15) is 40.0 Å². The molecule has 2 saturated carbocycles. The summed E-state index contributed by atoms with van der Waals surface area (Å²) in [6.45, 7) is 6.79. The van der Waals surface area contributed by atoms with Crippen LogP contribution in [0.15, 0.2) is 0 Å². The summed E-state index contributed by atoms with van der Waals surface area (Å²) in [5, 5.41) is 3.70. The smallest absolute Gasteiger partial charge is 0.0135 e. The highest BCUT2D eigenvalue weighted by Gasteiger charge is 2.53. The zero-order valence-corrected chi connectivity index (χ0v) is 7.85. The Morgan fingerprint density at radius 2 is 1.64 bits per heavy atom. The van der Waals surface area contributed by atoms with Crippen molar-refractivity contribution in [1.29, 1.82) is 0 Å². The summed E-state index contributed by atoms with van der Waals surface area (Å²) in [6, 6.07) is 0.878. The first kappa shape index (κ1) is 7.60. The zero-order valence-electron chi connectivity index (χ0n) is 7.85. The van der Waals surface area contributed by atoms with Crippen LogP contribution in [0.5, 0.6) is 0 Å². The highest BCUT2D eigenvalue weighted by molar-refractivity contribution is 5.08. The number of rotatable bonds is 1. The van der Waals surface area contributed by atoms with E-state index in [-0.39, 0.29) is 0 Å². The highest BCUT2D eigenvalue weighted by atomic mass is 15.1. The molecule has 2 atom stereocenters. The maximum absolute atomic E-state index is 3.70. The van der Waals surface area contributed by atoms with Crippen molar-refractivity contribution >= 4 is 0 Å². The Kier molecular flexibility index (Phi) is 1.54. The van der Waals surface area contributed by atoms with E-state index < -0.39 is 0 Å². The fourth-order valence-electron chi connectivity index (χ4n) is 2.54. The number of fused-ring (bicyclic) bond motifs is 1. The third kappa shape index (κ3) is 1.44. The second kappa shape index (κ2) is 2.22. The van der Waals surface area contributed by atoms with Crippen LogP contribution < -0.4 is 5.32 Å². The van der Waals surface area contributed by atoms with Gasteiger partial charge in [-0.15, -0.1) is 0 Å². The SMILES string of the molecule is CC(C)(C)NC1C2CCCC21. The Morgan fingerprint density at radius 3 is 2.09 bits per heavy atom. The van der Waals surface area contributed by atoms with Crippen molar-refractivity contribution in [1.82, 2.24) is 5.32 Å². The van der Waals surface area contributed by atoms with Crippen LogP contribution in [0.4, 0.5) is 0 Å². The quantitative estimate of drug-likeness (QED) is 0.609. The molecule has 1 heteroatoms. The molecule has 1 nitrogen and oxygen atoms in total. The van der Waals surface area contributed by atoms with Crippen LogP contribution in [0.25, 0.3) is 0 Å². The molecule has 0 saturated heterocycles. The van der Waals surface area contributed by atoms with Crippen molar-refractivity contribution in [3.63, 3.8) is 0 Å². The molecule has 0 bridgehead atoms. The molecule has 11 heavy (non-hydrogen) atoms. The lowest BCUT2D eigenvalue weighted by molar-refractivity contribution is 0.390. The third-order valence-corrected chi connectivity index (χ3v) is 3.01. The van der Waals surface area contributed by atoms with Gasteiger partial charge >= 0.3 is 0 Å². The molecule has 0 aromatic rings. The van der Waals surface area contributed by atoms with E-state index in [2.05, 4.69) is 26.1 Å². The summed E-state index contributed by atoms with van der Waals surface area (Å²) in [6.07, 6.45) is 4.45. The minimum Gasteiger partial charge on any atom is -0.309 e. The van der Waals surface area contributed by atoms with Crippen LogP contribution in [-0.4, -0.2) is 11.6 Å². The first-order valence-electron chi connectivity index (χ1n) is 4.86. The van der Waals surface area contributed by atoms with Crippen LogP contribution in [0.2, 0.25) is 0 Å². The molecular formula is C10H19N. The number of hydrogen-bond donors (Lipinski definition) is 1. The Labute approximate surface area is 69.6 Å². The van der Waals surface area contributed by atoms with Gasteiger partial charge in [0.05, 0.1) is 0 Å². The summed E-state index contributed by atoms with van der Waals surface area (Å²) in [7, 11) is 0. The first-order chi connectivity index (χ1) is 5.08. The van der Waals surface area contributed by atoms with Crippen molar-refractivity contribution in [2.75, 3.05) is 0 Å². The van der Waals surface area contributed by atoms with Gasteiger partial charge in [0, 0.05) is 11.6 Å². The summed E-state index contributed by atoms with van der Waals surface area (Å²) in [4.78, 5) is 0. The lowest BCUT2D eigenvalue weighted by atomic mass is 10.1. The minimum atomic E-state index is 0.328. The Morgan fingerprint density at radius 1 is 1.09 bits per heavy atom.